The third-order valence-electron chi connectivity index (χ3n) is 8.46. The van der Waals surface area contributed by atoms with Gasteiger partial charge < -0.3 is 9.47 Å². The minimum absolute atomic E-state index is 0.0983. The lowest BCUT2D eigenvalue weighted by Crippen LogP contribution is -2.60. The quantitative estimate of drug-likeness (QED) is 0.554. The van der Waals surface area contributed by atoms with Crippen LogP contribution in [0.4, 0.5) is 0 Å². The number of piperidine rings is 2. The van der Waals surface area contributed by atoms with Gasteiger partial charge in [-0.2, -0.15) is 0 Å². The topological polar surface area (TPSA) is 59.1 Å². The highest BCUT2D eigenvalue weighted by Gasteiger charge is 2.46. The zero-order valence-corrected chi connectivity index (χ0v) is 22.8. The third kappa shape index (κ3) is 5.33. The van der Waals surface area contributed by atoms with Crippen LogP contribution in [0.25, 0.3) is 0 Å². The molecule has 6 heteroatoms. The Kier molecular flexibility index (Phi) is 7.02. The molecule has 0 radical (unpaired) electrons. The van der Waals surface area contributed by atoms with E-state index in [1.54, 1.807) is 24.3 Å². The minimum Gasteiger partial charge on any atom is -0.459 e. The van der Waals surface area contributed by atoms with E-state index in [1.165, 1.54) is 0 Å². The SMILES string of the molecule is CN1C(C)(C)CC(OC(=O)c2ccccc2C(=O)OC2CC(C)(C)N(C)C(C)(C)C2)CC1(C)C. The molecule has 2 fully saturated rings. The van der Waals surface area contributed by atoms with Gasteiger partial charge in [0.15, 0.2) is 0 Å². The molecule has 0 atom stereocenters. The molecule has 0 saturated carbocycles. The van der Waals surface area contributed by atoms with Crippen molar-refractivity contribution in [1.82, 2.24) is 9.80 Å². The summed E-state index contributed by atoms with van der Waals surface area (Å²) >= 11 is 0. The molecule has 0 aromatic heterocycles. The van der Waals surface area contributed by atoms with Crippen LogP contribution in [0.2, 0.25) is 0 Å². The Morgan fingerprint density at radius 1 is 0.647 bits per heavy atom. The molecule has 2 aliphatic rings. The van der Waals surface area contributed by atoms with Crippen LogP contribution in [-0.2, 0) is 9.47 Å². The van der Waals surface area contributed by atoms with Crippen molar-refractivity contribution in [2.45, 2.75) is 115 Å². The van der Waals surface area contributed by atoms with Crippen molar-refractivity contribution in [2.24, 2.45) is 0 Å². The first-order chi connectivity index (χ1) is 15.5. The summed E-state index contributed by atoms with van der Waals surface area (Å²) in [5.41, 5.74) is 0.150. The van der Waals surface area contributed by atoms with E-state index in [1.807, 2.05) is 0 Å². The van der Waals surface area contributed by atoms with E-state index in [9.17, 15) is 9.59 Å². The Hall–Kier alpha value is -1.92. The number of hydrogen-bond donors (Lipinski definition) is 0. The number of benzene rings is 1. The lowest BCUT2D eigenvalue weighted by Gasteiger charge is -2.53. The molecule has 0 amide bonds. The molecule has 0 bridgehead atoms. The molecule has 0 unspecified atom stereocenters. The second-order valence-corrected chi connectivity index (χ2v) is 12.8. The fourth-order valence-electron chi connectivity index (χ4n) is 5.99. The number of rotatable bonds is 4. The number of likely N-dealkylation sites (tertiary alicyclic amines) is 2. The Labute approximate surface area is 206 Å². The molecule has 1 aromatic carbocycles. The summed E-state index contributed by atoms with van der Waals surface area (Å²) in [6.07, 6.45) is 2.54. The first-order valence-corrected chi connectivity index (χ1v) is 12.5. The molecule has 2 heterocycles. The molecule has 2 saturated heterocycles. The summed E-state index contributed by atoms with van der Waals surface area (Å²) < 4.78 is 12.0. The molecule has 0 N–H and O–H groups in total. The zero-order chi connectivity index (χ0) is 25.7. The Bertz CT molecular complexity index is 823. The molecular formula is C28H44N2O4. The van der Waals surface area contributed by atoms with Crippen molar-refractivity contribution in [2.75, 3.05) is 14.1 Å². The Morgan fingerprint density at radius 2 is 0.912 bits per heavy atom. The molecule has 3 rings (SSSR count). The van der Waals surface area contributed by atoms with Gasteiger partial charge in [0.05, 0.1) is 11.1 Å². The maximum atomic E-state index is 13.2. The van der Waals surface area contributed by atoms with Crippen LogP contribution in [0, 0.1) is 0 Å². The first-order valence-electron chi connectivity index (χ1n) is 12.5. The molecule has 0 aliphatic carbocycles. The van der Waals surface area contributed by atoms with Gasteiger partial charge in [0.2, 0.25) is 0 Å². The van der Waals surface area contributed by atoms with E-state index in [-0.39, 0.29) is 45.5 Å². The van der Waals surface area contributed by atoms with E-state index in [2.05, 4.69) is 79.3 Å². The van der Waals surface area contributed by atoms with Crippen LogP contribution in [-0.4, -0.2) is 70.2 Å². The molecule has 190 valence electrons. The number of ether oxygens (including phenoxy) is 2. The van der Waals surface area contributed by atoms with E-state index in [0.717, 1.165) is 25.7 Å². The van der Waals surface area contributed by atoms with Crippen LogP contribution in [0.5, 0.6) is 0 Å². The normalized spacial score (nSPS) is 25.0. The van der Waals surface area contributed by atoms with Gasteiger partial charge in [0.1, 0.15) is 12.2 Å². The smallest absolute Gasteiger partial charge is 0.339 e. The molecular weight excluding hydrogens is 428 g/mol. The summed E-state index contributed by atoms with van der Waals surface area (Å²) in [7, 11) is 4.24. The van der Waals surface area contributed by atoms with Crippen molar-refractivity contribution >= 4 is 11.9 Å². The van der Waals surface area contributed by atoms with Gasteiger partial charge in [0.25, 0.3) is 0 Å². The van der Waals surface area contributed by atoms with E-state index >= 15 is 0 Å². The molecule has 6 nitrogen and oxygen atoms in total. The van der Waals surface area contributed by atoms with Crippen LogP contribution in [0.1, 0.15) is 102 Å². The lowest BCUT2D eigenvalue weighted by atomic mass is 9.78. The van der Waals surface area contributed by atoms with Crippen molar-refractivity contribution in [3.63, 3.8) is 0 Å². The van der Waals surface area contributed by atoms with Crippen LogP contribution < -0.4 is 0 Å². The highest BCUT2D eigenvalue weighted by molar-refractivity contribution is 6.03. The van der Waals surface area contributed by atoms with Crippen LogP contribution in [0.15, 0.2) is 24.3 Å². The second kappa shape index (κ2) is 8.94. The Balaban J connectivity index is 1.76. The fourth-order valence-corrected chi connectivity index (χ4v) is 5.99. The molecule has 0 spiro atoms. The number of esters is 2. The highest BCUT2D eigenvalue weighted by atomic mass is 16.6. The van der Waals surface area contributed by atoms with E-state index in [4.69, 9.17) is 9.47 Å². The summed E-state index contributed by atoms with van der Waals surface area (Å²) in [6.45, 7) is 17.4. The van der Waals surface area contributed by atoms with Gasteiger partial charge in [-0.1, -0.05) is 12.1 Å². The highest BCUT2D eigenvalue weighted by Crippen LogP contribution is 2.39. The second-order valence-electron chi connectivity index (χ2n) is 12.8. The zero-order valence-electron chi connectivity index (χ0n) is 22.8. The molecule has 1 aromatic rings. The average molecular weight is 473 g/mol. The number of carbonyl (C=O) groups is 2. The maximum absolute atomic E-state index is 13.2. The largest absolute Gasteiger partial charge is 0.459 e. The van der Waals surface area contributed by atoms with Crippen LogP contribution >= 0.6 is 0 Å². The average Bonchev–Trinajstić information content (AvgIpc) is 2.69. The van der Waals surface area contributed by atoms with Gasteiger partial charge >= 0.3 is 11.9 Å². The van der Waals surface area contributed by atoms with Crippen molar-refractivity contribution in [3.05, 3.63) is 35.4 Å². The van der Waals surface area contributed by atoms with Crippen molar-refractivity contribution in [1.29, 1.82) is 0 Å². The first kappa shape index (κ1) is 26.7. The number of nitrogens with zero attached hydrogens (tertiary/aromatic N) is 2. The van der Waals surface area contributed by atoms with Gasteiger partial charge in [-0.3, -0.25) is 9.80 Å². The third-order valence-corrected chi connectivity index (χ3v) is 8.46. The standard InChI is InChI=1S/C28H44N2O4/c1-25(2)15-19(16-26(3,4)29(25)9)33-23(31)21-13-11-12-14-22(21)24(32)34-20-17-27(5,6)30(10)28(7,8)18-20/h11-14,19-20H,15-18H2,1-10H3. The van der Waals surface area contributed by atoms with Gasteiger partial charge in [-0.25, -0.2) is 9.59 Å². The van der Waals surface area contributed by atoms with Crippen molar-refractivity contribution in [3.8, 4) is 0 Å². The minimum atomic E-state index is -0.460. The van der Waals surface area contributed by atoms with Crippen LogP contribution in [0.3, 0.4) is 0 Å². The fraction of sp³-hybridized carbons (Fsp3) is 0.714. The number of hydrogen-bond acceptors (Lipinski definition) is 6. The predicted octanol–water partition coefficient (Wildman–Crippen LogP) is 5.30. The van der Waals surface area contributed by atoms with Gasteiger partial charge in [0, 0.05) is 47.8 Å². The van der Waals surface area contributed by atoms with E-state index < -0.39 is 11.9 Å². The summed E-state index contributed by atoms with van der Waals surface area (Å²) in [4.78, 5) is 31.2. The van der Waals surface area contributed by atoms with Crippen molar-refractivity contribution < 1.29 is 19.1 Å². The monoisotopic (exact) mass is 472 g/mol. The summed E-state index contributed by atoms with van der Waals surface area (Å²) in [5, 5.41) is 0. The molecule has 2 aliphatic heterocycles. The Morgan fingerprint density at radius 3 is 1.18 bits per heavy atom. The van der Waals surface area contributed by atoms with Gasteiger partial charge in [-0.15, -0.1) is 0 Å². The van der Waals surface area contributed by atoms with Gasteiger partial charge in [-0.05, 0) is 81.6 Å². The van der Waals surface area contributed by atoms with E-state index in [0.29, 0.717) is 0 Å². The molecule has 34 heavy (non-hydrogen) atoms. The maximum Gasteiger partial charge on any atom is 0.339 e. The predicted molar refractivity (Wildman–Crippen MR) is 135 cm³/mol. The number of carbonyl (C=O) groups excluding carboxylic acids is 2. The lowest BCUT2D eigenvalue weighted by molar-refractivity contribution is -0.0752. The summed E-state index contributed by atoms with van der Waals surface area (Å²) in [6, 6.07) is 6.84. The summed E-state index contributed by atoms with van der Waals surface area (Å²) in [5.74, 6) is -0.921.